The molecule has 170 valence electrons. The van der Waals surface area contributed by atoms with Gasteiger partial charge in [0.15, 0.2) is 0 Å². The van der Waals surface area contributed by atoms with Gasteiger partial charge in [0.05, 0.1) is 18.9 Å². The monoisotopic (exact) mass is 447 g/mol. The van der Waals surface area contributed by atoms with Crippen molar-refractivity contribution in [3.63, 3.8) is 0 Å². The van der Waals surface area contributed by atoms with Crippen LogP contribution in [0.15, 0.2) is 72.2 Å². The second-order valence-corrected chi connectivity index (χ2v) is 8.08. The fourth-order valence-corrected chi connectivity index (χ4v) is 4.22. The lowest BCUT2D eigenvalue weighted by Gasteiger charge is -2.36. The Balaban J connectivity index is 1.33. The third-order valence-electron chi connectivity index (χ3n) is 5.95. The summed E-state index contributed by atoms with van der Waals surface area (Å²) in [5.74, 6) is -0.416. The van der Waals surface area contributed by atoms with Crippen LogP contribution in [0.1, 0.15) is 6.92 Å². The molecule has 3 amide bonds. The minimum Gasteiger partial charge on any atom is -0.506 e. The van der Waals surface area contributed by atoms with Gasteiger partial charge in [-0.3, -0.25) is 14.6 Å². The summed E-state index contributed by atoms with van der Waals surface area (Å²) in [5.41, 5.74) is 3.09. The normalized spacial score (nSPS) is 20.1. The number of amides is 3. The topological polar surface area (TPSA) is 97.4 Å². The smallest absolute Gasteiger partial charge is 0.335 e. The zero-order valence-corrected chi connectivity index (χ0v) is 18.2. The van der Waals surface area contributed by atoms with Crippen LogP contribution in [0.2, 0.25) is 0 Å². The Kier molecular flexibility index (Phi) is 5.39. The molecule has 0 aliphatic carbocycles. The van der Waals surface area contributed by atoms with Crippen molar-refractivity contribution < 1.29 is 19.4 Å². The molecule has 0 radical (unpaired) electrons. The summed E-state index contributed by atoms with van der Waals surface area (Å²) in [7, 11) is 0. The standard InChI is InChI=1S/C24H25N5O4/c1-16-15-28(19-4-2-3-5-21(19)30)24(32)29-20(14-25-22(16)29)23(31)26-17-6-8-18(9-7-17)27-10-12-33-13-11-27/h2-9,14-15,22,25,30H,10-13H2,1H3,(H,26,31). The summed E-state index contributed by atoms with van der Waals surface area (Å²) in [4.78, 5) is 31.4. The molecule has 0 saturated carbocycles. The van der Waals surface area contributed by atoms with E-state index in [0.29, 0.717) is 24.6 Å². The number of rotatable bonds is 4. The van der Waals surface area contributed by atoms with Crippen molar-refractivity contribution in [2.45, 2.75) is 13.1 Å². The molecule has 3 aliphatic rings. The van der Waals surface area contributed by atoms with Crippen LogP contribution in [-0.2, 0) is 9.53 Å². The van der Waals surface area contributed by atoms with E-state index >= 15 is 0 Å². The molecule has 1 unspecified atom stereocenters. The number of para-hydroxylation sites is 2. The van der Waals surface area contributed by atoms with Crippen molar-refractivity contribution in [2.75, 3.05) is 41.4 Å². The lowest BCUT2D eigenvalue weighted by atomic mass is 10.1. The number of morpholine rings is 1. The van der Waals surface area contributed by atoms with Crippen LogP contribution in [0.4, 0.5) is 21.9 Å². The number of fused-ring (bicyclic) bond motifs is 1. The Bertz CT molecular complexity index is 1140. The Morgan fingerprint density at radius 1 is 1.12 bits per heavy atom. The van der Waals surface area contributed by atoms with E-state index < -0.39 is 18.1 Å². The number of phenols is 1. The first kappa shape index (κ1) is 20.9. The van der Waals surface area contributed by atoms with Gasteiger partial charge in [0.1, 0.15) is 17.6 Å². The third kappa shape index (κ3) is 3.87. The number of hydrogen-bond acceptors (Lipinski definition) is 6. The van der Waals surface area contributed by atoms with Crippen molar-refractivity contribution in [1.29, 1.82) is 0 Å². The molecule has 0 bridgehead atoms. The van der Waals surface area contributed by atoms with E-state index in [1.807, 2.05) is 31.2 Å². The largest absolute Gasteiger partial charge is 0.506 e. The summed E-state index contributed by atoms with van der Waals surface area (Å²) in [6, 6.07) is 13.8. The Morgan fingerprint density at radius 2 is 1.85 bits per heavy atom. The van der Waals surface area contributed by atoms with Crippen molar-refractivity contribution in [3.05, 3.63) is 72.2 Å². The first-order valence-electron chi connectivity index (χ1n) is 10.8. The predicted octanol–water partition coefficient (Wildman–Crippen LogP) is 2.78. The SMILES string of the molecule is CC1=CN(c2ccccc2O)C(=O)N2C(C(=O)Nc3ccc(N4CCOCC4)cc3)=CNC12. The van der Waals surface area contributed by atoms with E-state index in [1.54, 1.807) is 30.6 Å². The number of carbonyl (C=O) groups is 2. The van der Waals surface area contributed by atoms with Crippen LogP contribution < -0.4 is 20.4 Å². The number of carbonyl (C=O) groups excluding carboxylic acids is 2. The van der Waals surface area contributed by atoms with Gasteiger partial charge in [0.25, 0.3) is 5.91 Å². The van der Waals surface area contributed by atoms with Crippen LogP contribution in [-0.4, -0.2) is 54.4 Å². The molecule has 5 rings (SSSR count). The van der Waals surface area contributed by atoms with Crippen molar-refractivity contribution in [3.8, 4) is 5.75 Å². The molecule has 1 fully saturated rings. The predicted molar refractivity (Wildman–Crippen MR) is 125 cm³/mol. The van der Waals surface area contributed by atoms with E-state index in [9.17, 15) is 14.7 Å². The number of ether oxygens (including phenoxy) is 1. The van der Waals surface area contributed by atoms with Gasteiger partial charge in [0.2, 0.25) is 0 Å². The highest BCUT2D eigenvalue weighted by atomic mass is 16.5. The summed E-state index contributed by atoms with van der Waals surface area (Å²) < 4.78 is 5.39. The van der Waals surface area contributed by atoms with E-state index in [-0.39, 0.29) is 11.4 Å². The number of nitrogens with one attached hydrogen (secondary N) is 2. The zero-order chi connectivity index (χ0) is 22.9. The van der Waals surface area contributed by atoms with E-state index in [2.05, 4.69) is 15.5 Å². The number of phenolic OH excluding ortho intramolecular Hbond substituents is 1. The molecule has 2 aromatic carbocycles. The van der Waals surface area contributed by atoms with Gasteiger partial charge in [-0.2, -0.15) is 0 Å². The van der Waals surface area contributed by atoms with Gasteiger partial charge in [-0.05, 0) is 48.9 Å². The Morgan fingerprint density at radius 3 is 2.58 bits per heavy atom. The fraction of sp³-hybridized carbons (Fsp3) is 0.250. The van der Waals surface area contributed by atoms with Crippen molar-refractivity contribution >= 4 is 29.0 Å². The number of urea groups is 1. The van der Waals surface area contributed by atoms with Crippen LogP contribution in [0.3, 0.4) is 0 Å². The average molecular weight is 447 g/mol. The summed E-state index contributed by atoms with van der Waals surface area (Å²) in [6.45, 7) is 4.95. The first-order valence-corrected chi connectivity index (χ1v) is 10.8. The first-order chi connectivity index (χ1) is 16.0. The number of anilines is 3. The molecular weight excluding hydrogens is 422 g/mol. The lowest BCUT2D eigenvalue weighted by Crippen LogP contribution is -2.52. The van der Waals surface area contributed by atoms with Crippen LogP contribution in [0, 0.1) is 0 Å². The van der Waals surface area contributed by atoms with Crippen LogP contribution in [0.25, 0.3) is 0 Å². The molecule has 3 N–H and O–H groups in total. The molecule has 3 aliphatic heterocycles. The molecule has 9 nitrogen and oxygen atoms in total. The van der Waals surface area contributed by atoms with Gasteiger partial charge in [-0.1, -0.05) is 12.1 Å². The van der Waals surface area contributed by atoms with Gasteiger partial charge >= 0.3 is 6.03 Å². The minimum atomic E-state index is -0.455. The molecule has 33 heavy (non-hydrogen) atoms. The third-order valence-corrected chi connectivity index (χ3v) is 5.95. The summed E-state index contributed by atoms with van der Waals surface area (Å²) in [6.07, 6.45) is 2.76. The van der Waals surface area contributed by atoms with E-state index in [4.69, 9.17) is 4.74 Å². The summed E-state index contributed by atoms with van der Waals surface area (Å²) in [5, 5.41) is 16.2. The minimum absolute atomic E-state index is 0.0177. The number of benzene rings is 2. The fourth-order valence-electron chi connectivity index (χ4n) is 4.22. The molecule has 0 aromatic heterocycles. The molecule has 1 saturated heterocycles. The van der Waals surface area contributed by atoms with Crippen molar-refractivity contribution in [2.24, 2.45) is 0 Å². The molecule has 2 aromatic rings. The summed E-state index contributed by atoms with van der Waals surface area (Å²) >= 11 is 0. The molecule has 3 heterocycles. The maximum atomic E-state index is 13.3. The van der Waals surface area contributed by atoms with Gasteiger partial charge in [0, 0.05) is 36.9 Å². The van der Waals surface area contributed by atoms with Crippen LogP contribution >= 0.6 is 0 Å². The quantitative estimate of drug-likeness (QED) is 0.667. The van der Waals surface area contributed by atoms with E-state index in [0.717, 1.165) is 24.4 Å². The highest BCUT2D eigenvalue weighted by molar-refractivity contribution is 6.09. The van der Waals surface area contributed by atoms with Gasteiger partial charge in [-0.15, -0.1) is 0 Å². The van der Waals surface area contributed by atoms with Crippen molar-refractivity contribution in [1.82, 2.24) is 10.2 Å². The number of aromatic hydroxyl groups is 1. The highest BCUT2D eigenvalue weighted by Crippen LogP contribution is 2.34. The Hall–Kier alpha value is -3.98. The second-order valence-electron chi connectivity index (χ2n) is 8.08. The van der Waals surface area contributed by atoms with Crippen LogP contribution in [0.5, 0.6) is 5.75 Å². The van der Waals surface area contributed by atoms with E-state index in [1.165, 1.54) is 15.9 Å². The maximum absolute atomic E-state index is 13.3. The molecule has 9 heteroatoms. The average Bonchev–Trinajstić information content (AvgIpc) is 3.29. The lowest BCUT2D eigenvalue weighted by molar-refractivity contribution is -0.114. The maximum Gasteiger partial charge on any atom is 0.335 e. The molecule has 1 atom stereocenters. The molecular formula is C24H25N5O4. The van der Waals surface area contributed by atoms with Gasteiger partial charge in [-0.25, -0.2) is 4.79 Å². The highest BCUT2D eigenvalue weighted by Gasteiger charge is 2.41. The number of nitrogens with zero attached hydrogens (tertiary/aromatic N) is 3. The van der Waals surface area contributed by atoms with Gasteiger partial charge < -0.3 is 25.4 Å². The second kappa shape index (κ2) is 8.51. The number of hydrogen-bond donors (Lipinski definition) is 3. The zero-order valence-electron chi connectivity index (χ0n) is 18.2. The molecule has 0 spiro atoms. The Labute approximate surface area is 191 Å².